The van der Waals surface area contributed by atoms with Gasteiger partial charge >= 0.3 is 0 Å². The first-order chi connectivity index (χ1) is 8.15. The van der Waals surface area contributed by atoms with Crippen molar-refractivity contribution in [2.75, 3.05) is 0 Å². The molecule has 90 valence electrons. The zero-order chi connectivity index (χ0) is 12.3. The summed E-state index contributed by atoms with van der Waals surface area (Å²) in [6.07, 6.45) is 0. The minimum Gasteiger partial charge on any atom is -0.303 e. The first-order valence-electron chi connectivity index (χ1n) is 5.37. The predicted octanol–water partition coefficient (Wildman–Crippen LogP) is 1.20. The van der Waals surface area contributed by atoms with E-state index in [9.17, 15) is 4.39 Å². The lowest BCUT2D eigenvalue weighted by atomic mass is 10.1. The minimum absolute atomic E-state index is 0.111. The van der Waals surface area contributed by atoms with Crippen LogP contribution in [-0.2, 0) is 13.6 Å². The number of rotatable bonds is 4. The molecule has 0 saturated heterocycles. The average molecular weight is 235 g/mol. The fourth-order valence-electron chi connectivity index (χ4n) is 1.51. The first-order valence-corrected chi connectivity index (χ1v) is 5.37. The van der Waals surface area contributed by atoms with Gasteiger partial charge in [0.2, 0.25) is 0 Å². The molecule has 0 radical (unpaired) electrons. The molecule has 2 rings (SSSR count). The van der Waals surface area contributed by atoms with E-state index in [0.717, 1.165) is 5.56 Å². The maximum Gasteiger partial charge on any atom is 0.188 e. The van der Waals surface area contributed by atoms with Crippen LogP contribution >= 0.6 is 0 Å². The minimum atomic E-state index is -0.225. The highest BCUT2D eigenvalue weighted by Gasteiger charge is 2.07. The molecule has 0 spiro atoms. The number of halogens is 1. The number of benzene rings is 1. The molecule has 0 saturated carbocycles. The Balaban J connectivity index is 1.93. The Hall–Kier alpha value is -1.82. The monoisotopic (exact) mass is 235 g/mol. The van der Waals surface area contributed by atoms with Crippen LogP contribution in [0.25, 0.3) is 0 Å². The highest BCUT2D eigenvalue weighted by atomic mass is 19.1. The number of aryl methyl sites for hydroxylation is 1. The molecule has 5 nitrogen and oxygen atoms in total. The zero-order valence-electron chi connectivity index (χ0n) is 9.76. The van der Waals surface area contributed by atoms with Gasteiger partial charge in [-0.2, -0.15) is 4.80 Å². The van der Waals surface area contributed by atoms with Crippen molar-refractivity contribution in [2.45, 2.75) is 19.5 Å². The van der Waals surface area contributed by atoms with Gasteiger partial charge in [0.05, 0.1) is 13.6 Å². The number of nitrogens with one attached hydrogen (secondary N) is 1. The Morgan fingerprint density at radius 2 is 2.06 bits per heavy atom. The van der Waals surface area contributed by atoms with E-state index < -0.39 is 0 Å². The summed E-state index contributed by atoms with van der Waals surface area (Å²) >= 11 is 0. The van der Waals surface area contributed by atoms with Gasteiger partial charge in [0.25, 0.3) is 0 Å². The molecule has 0 bridgehead atoms. The van der Waals surface area contributed by atoms with Crippen molar-refractivity contribution in [3.8, 4) is 0 Å². The van der Waals surface area contributed by atoms with Crippen LogP contribution in [0.4, 0.5) is 4.39 Å². The van der Waals surface area contributed by atoms with E-state index in [1.54, 1.807) is 19.2 Å². The molecule has 6 heteroatoms. The molecular formula is C11H14FN5. The molecule has 17 heavy (non-hydrogen) atoms. The summed E-state index contributed by atoms with van der Waals surface area (Å²) in [5.41, 5.74) is 1.02. The highest BCUT2D eigenvalue weighted by molar-refractivity contribution is 5.19. The fourth-order valence-corrected chi connectivity index (χ4v) is 1.51. The van der Waals surface area contributed by atoms with Crippen LogP contribution in [0.15, 0.2) is 24.3 Å². The lowest BCUT2D eigenvalue weighted by Crippen LogP contribution is -2.19. The predicted molar refractivity (Wildman–Crippen MR) is 60.5 cm³/mol. The number of hydrogen-bond acceptors (Lipinski definition) is 4. The molecule has 0 aliphatic heterocycles. The van der Waals surface area contributed by atoms with Crippen molar-refractivity contribution in [3.05, 3.63) is 41.5 Å². The lowest BCUT2D eigenvalue weighted by molar-refractivity contribution is 0.553. The van der Waals surface area contributed by atoms with Gasteiger partial charge in [-0.15, -0.1) is 10.2 Å². The second-order valence-electron chi connectivity index (χ2n) is 3.85. The quantitative estimate of drug-likeness (QED) is 0.865. The second kappa shape index (κ2) is 5.01. The number of nitrogens with zero attached hydrogens (tertiary/aromatic N) is 4. The van der Waals surface area contributed by atoms with E-state index in [0.29, 0.717) is 12.4 Å². The molecule has 1 aromatic carbocycles. The zero-order valence-corrected chi connectivity index (χ0v) is 9.76. The Kier molecular flexibility index (Phi) is 3.43. The van der Waals surface area contributed by atoms with Crippen LogP contribution in [0.5, 0.6) is 0 Å². The van der Waals surface area contributed by atoms with Crippen molar-refractivity contribution in [3.63, 3.8) is 0 Å². The van der Waals surface area contributed by atoms with E-state index in [-0.39, 0.29) is 11.9 Å². The molecule has 0 fully saturated rings. The molecular weight excluding hydrogens is 221 g/mol. The summed E-state index contributed by atoms with van der Waals surface area (Å²) in [5, 5.41) is 14.9. The van der Waals surface area contributed by atoms with Crippen molar-refractivity contribution in [1.82, 2.24) is 25.5 Å². The van der Waals surface area contributed by atoms with E-state index in [2.05, 4.69) is 20.7 Å². The third kappa shape index (κ3) is 3.07. The van der Waals surface area contributed by atoms with E-state index in [1.165, 1.54) is 16.9 Å². The van der Waals surface area contributed by atoms with Crippen LogP contribution in [0.2, 0.25) is 0 Å². The molecule has 0 amide bonds. The fraction of sp³-hybridized carbons (Fsp3) is 0.364. The maximum absolute atomic E-state index is 12.8. The second-order valence-corrected chi connectivity index (χ2v) is 3.85. The largest absolute Gasteiger partial charge is 0.303 e. The van der Waals surface area contributed by atoms with Gasteiger partial charge in [0, 0.05) is 6.04 Å². The highest BCUT2D eigenvalue weighted by Crippen LogP contribution is 2.12. The summed E-state index contributed by atoms with van der Waals surface area (Å²) < 4.78 is 12.8. The van der Waals surface area contributed by atoms with Crippen LogP contribution in [0.1, 0.15) is 24.4 Å². The number of aromatic nitrogens is 4. The summed E-state index contributed by atoms with van der Waals surface area (Å²) in [7, 11) is 1.72. The van der Waals surface area contributed by atoms with Crippen molar-refractivity contribution in [1.29, 1.82) is 0 Å². The molecule has 1 N–H and O–H groups in total. The van der Waals surface area contributed by atoms with Gasteiger partial charge in [0.1, 0.15) is 5.82 Å². The number of hydrogen-bond donors (Lipinski definition) is 1. The Bertz CT molecular complexity index is 479. The summed E-state index contributed by atoms with van der Waals surface area (Å²) in [4.78, 5) is 1.42. The average Bonchev–Trinajstić information content (AvgIpc) is 2.73. The van der Waals surface area contributed by atoms with Crippen molar-refractivity contribution in [2.24, 2.45) is 7.05 Å². The van der Waals surface area contributed by atoms with Gasteiger partial charge in [0.15, 0.2) is 5.82 Å². The van der Waals surface area contributed by atoms with Crippen LogP contribution in [-0.4, -0.2) is 20.2 Å². The molecule has 0 aliphatic rings. The van der Waals surface area contributed by atoms with Crippen molar-refractivity contribution < 1.29 is 4.39 Å². The number of tetrazole rings is 1. The molecule has 1 atom stereocenters. The SMILES string of the molecule is C[C@@H](NCc1nnn(C)n1)c1ccc(F)cc1. The molecule has 2 aromatic rings. The normalized spacial score (nSPS) is 12.6. The topological polar surface area (TPSA) is 55.6 Å². The van der Waals surface area contributed by atoms with E-state index in [4.69, 9.17) is 0 Å². The van der Waals surface area contributed by atoms with Gasteiger partial charge in [-0.25, -0.2) is 4.39 Å². The molecule has 0 aliphatic carbocycles. The Morgan fingerprint density at radius 1 is 1.35 bits per heavy atom. The van der Waals surface area contributed by atoms with Crippen LogP contribution < -0.4 is 5.32 Å². The van der Waals surface area contributed by atoms with Crippen LogP contribution in [0.3, 0.4) is 0 Å². The summed E-state index contributed by atoms with van der Waals surface area (Å²) in [5.74, 6) is 0.415. The standard InChI is InChI=1S/C11H14FN5/c1-8(9-3-5-10(12)6-4-9)13-7-11-14-16-17(2)15-11/h3-6,8,13H,7H2,1-2H3/t8-/m1/s1. The molecule has 0 unspecified atom stereocenters. The third-order valence-corrected chi connectivity index (χ3v) is 2.49. The third-order valence-electron chi connectivity index (χ3n) is 2.49. The first kappa shape index (κ1) is 11.7. The van der Waals surface area contributed by atoms with Crippen molar-refractivity contribution >= 4 is 0 Å². The Labute approximate surface area is 98.6 Å². The van der Waals surface area contributed by atoms with Crippen LogP contribution in [0, 0.1) is 5.82 Å². The van der Waals surface area contributed by atoms with Gasteiger partial charge in [-0.1, -0.05) is 12.1 Å². The Morgan fingerprint density at radius 3 is 2.65 bits per heavy atom. The van der Waals surface area contributed by atoms with Gasteiger partial charge in [-0.3, -0.25) is 0 Å². The van der Waals surface area contributed by atoms with Gasteiger partial charge < -0.3 is 5.32 Å². The molecule has 1 aromatic heterocycles. The summed E-state index contributed by atoms with van der Waals surface area (Å²) in [6.45, 7) is 2.54. The lowest BCUT2D eigenvalue weighted by Gasteiger charge is -2.12. The smallest absolute Gasteiger partial charge is 0.188 e. The molecule has 1 heterocycles. The summed E-state index contributed by atoms with van der Waals surface area (Å²) in [6, 6.07) is 6.54. The maximum atomic E-state index is 12.8. The van der Waals surface area contributed by atoms with Gasteiger partial charge in [-0.05, 0) is 29.8 Å². The van der Waals surface area contributed by atoms with E-state index >= 15 is 0 Å². The van der Waals surface area contributed by atoms with E-state index in [1.807, 2.05) is 6.92 Å².